The van der Waals surface area contributed by atoms with E-state index in [1.165, 1.54) is 0 Å². The molecule has 1 aliphatic carbocycles. The van der Waals surface area contributed by atoms with Gasteiger partial charge in [-0.2, -0.15) is 0 Å². The number of rotatable bonds is 2. The van der Waals surface area contributed by atoms with Crippen molar-refractivity contribution in [3.63, 3.8) is 0 Å². The van der Waals surface area contributed by atoms with Gasteiger partial charge in [0.15, 0.2) is 0 Å². The maximum Gasteiger partial charge on any atom is 0.227 e. The summed E-state index contributed by atoms with van der Waals surface area (Å²) >= 11 is 0. The van der Waals surface area contributed by atoms with E-state index in [9.17, 15) is 4.79 Å². The van der Waals surface area contributed by atoms with Gasteiger partial charge in [0, 0.05) is 32.1 Å². The number of likely N-dealkylation sites (tertiary alicyclic amines) is 1. The Labute approximate surface area is 119 Å². The summed E-state index contributed by atoms with van der Waals surface area (Å²) in [5, 5.41) is 8.14. The maximum absolute atomic E-state index is 12.6. The van der Waals surface area contributed by atoms with Crippen LogP contribution in [0.5, 0.6) is 0 Å². The molecule has 1 saturated heterocycles. The van der Waals surface area contributed by atoms with Gasteiger partial charge in [-0.15, -0.1) is 10.2 Å². The highest BCUT2D eigenvalue weighted by Gasteiger charge is 2.36. The molecule has 2 fully saturated rings. The van der Waals surface area contributed by atoms with E-state index in [1.54, 1.807) is 6.33 Å². The van der Waals surface area contributed by atoms with Crippen LogP contribution in [0.25, 0.3) is 0 Å². The first-order valence-corrected chi connectivity index (χ1v) is 7.55. The van der Waals surface area contributed by atoms with Gasteiger partial charge in [-0.05, 0) is 25.7 Å². The number of nitrogens with two attached hydrogens (primary N) is 1. The first-order valence-electron chi connectivity index (χ1n) is 7.55. The van der Waals surface area contributed by atoms with Crippen molar-refractivity contribution in [1.29, 1.82) is 0 Å². The Kier molecular flexibility index (Phi) is 3.74. The zero-order valence-corrected chi connectivity index (χ0v) is 12.0. The summed E-state index contributed by atoms with van der Waals surface area (Å²) < 4.78 is 1.96. The van der Waals surface area contributed by atoms with Gasteiger partial charge in [-0.1, -0.05) is 6.42 Å². The number of hydrogen-bond donors (Lipinski definition) is 1. The van der Waals surface area contributed by atoms with Crippen LogP contribution in [0.1, 0.15) is 43.8 Å². The summed E-state index contributed by atoms with van der Waals surface area (Å²) in [4.78, 5) is 14.6. The summed E-state index contributed by atoms with van der Waals surface area (Å²) in [7, 11) is 1.96. The van der Waals surface area contributed by atoms with E-state index >= 15 is 0 Å². The molecule has 0 spiro atoms. The Hall–Kier alpha value is -1.43. The van der Waals surface area contributed by atoms with Gasteiger partial charge >= 0.3 is 0 Å². The Morgan fingerprint density at radius 3 is 2.85 bits per heavy atom. The summed E-state index contributed by atoms with van der Waals surface area (Å²) in [5.74, 6) is 1.58. The third-order valence-electron chi connectivity index (χ3n) is 4.73. The summed E-state index contributed by atoms with van der Waals surface area (Å²) in [5.41, 5.74) is 6.07. The Balaban J connectivity index is 1.69. The van der Waals surface area contributed by atoms with Gasteiger partial charge < -0.3 is 15.2 Å². The third kappa shape index (κ3) is 2.44. The molecule has 1 aromatic heterocycles. The average molecular weight is 277 g/mol. The second-order valence-electron chi connectivity index (χ2n) is 6.12. The van der Waals surface area contributed by atoms with Crippen LogP contribution in [0.3, 0.4) is 0 Å². The monoisotopic (exact) mass is 277 g/mol. The van der Waals surface area contributed by atoms with E-state index in [2.05, 4.69) is 10.2 Å². The minimum Gasteiger partial charge on any atom is -0.342 e. The van der Waals surface area contributed by atoms with Crippen LogP contribution in [0.2, 0.25) is 0 Å². The topological polar surface area (TPSA) is 77.0 Å². The molecule has 0 aromatic carbocycles. The molecule has 0 bridgehead atoms. The second-order valence-corrected chi connectivity index (χ2v) is 6.12. The van der Waals surface area contributed by atoms with Gasteiger partial charge in [0.2, 0.25) is 5.91 Å². The van der Waals surface area contributed by atoms with Crippen molar-refractivity contribution < 1.29 is 4.79 Å². The molecular weight excluding hydrogens is 254 g/mol. The fraction of sp³-hybridized carbons (Fsp3) is 0.786. The molecule has 1 aliphatic heterocycles. The van der Waals surface area contributed by atoms with E-state index in [0.29, 0.717) is 5.92 Å². The molecule has 3 rings (SSSR count). The fourth-order valence-electron chi connectivity index (χ4n) is 3.58. The lowest BCUT2D eigenvalue weighted by Gasteiger charge is -2.34. The molecule has 0 radical (unpaired) electrons. The average Bonchev–Trinajstić information content (AvgIpc) is 3.07. The summed E-state index contributed by atoms with van der Waals surface area (Å²) in [6.45, 7) is 1.62. The van der Waals surface area contributed by atoms with E-state index < -0.39 is 0 Å². The number of carbonyl (C=O) groups excluding carboxylic acids is 1. The highest BCUT2D eigenvalue weighted by molar-refractivity contribution is 5.80. The lowest BCUT2D eigenvalue weighted by molar-refractivity contribution is -0.137. The highest BCUT2D eigenvalue weighted by atomic mass is 16.2. The molecule has 1 saturated carbocycles. The van der Waals surface area contributed by atoms with Gasteiger partial charge in [-0.25, -0.2) is 0 Å². The number of aryl methyl sites for hydroxylation is 1. The molecule has 20 heavy (non-hydrogen) atoms. The highest BCUT2D eigenvalue weighted by Crippen LogP contribution is 2.30. The van der Waals surface area contributed by atoms with Gasteiger partial charge in [0.25, 0.3) is 0 Å². The molecule has 1 amide bonds. The first-order chi connectivity index (χ1) is 9.66. The van der Waals surface area contributed by atoms with Crippen LogP contribution in [-0.4, -0.2) is 44.7 Å². The number of carbonyl (C=O) groups is 1. The largest absolute Gasteiger partial charge is 0.342 e. The second kappa shape index (κ2) is 5.52. The Morgan fingerprint density at radius 2 is 2.20 bits per heavy atom. The van der Waals surface area contributed by atoms with Crippen LogP contribution < -0.4 is 5.73 Å². The quantitative estimate of drug-likeness (QED) is 0.861. The van der Waals surface area contributed by atoms with Crippen molar-refractivity contribution in [2.45, 2.75) is 44.1 Å². The SMILES string of the molecule is Cn1cnnc1C1CCCN(C(=O)C2CCCC2N)C1. The molecule has 3 atom stereocenters. The summed E-state index contributed by atoms with van der Waals surface area (Å²) in [6, 6.07) is 0.0534. The molecule has 3 unspecified atom stereocenters. The third-order valence-corrected chi connectivity index (χ3v) is 4.73. The zero-order chi connectivity index (χ0) is 14.1. The van der Waals surface area contributed by atoms with Crippen molar-refractivity contribution in [1.82, 2.24) is 19.7 Å². The van der Waals surface area contributed by atoms with E-state index in [-0.39, 0.29) is 17.9 Å². The molecule has 2 aliphatic rings. The van der Waals surface area contributed by atoms with E-state index in [0.717, 1.165) is 51.0 Å². The molecule has 1 aromatic rings. The smallest absolute Gasteiger partial charge is 0.227 e. The minimum absolute atomic E-state index is 0.0354. The lowest BCUT2D eigenvalue weighted by Crippen LogP contribution is -2.46. The van der Waals surface area contributed by atoms with E-state index in [4.69, 9.17) is 5.73 Å². The van der Waals surface area contributed by atoms with E-state index in [1.807, 2.05) is 16.5 Å². The Morgan fingerprint density at radius 1 is 1.35 bits per heavy atom. The van der Waals surface area contributed by atoms with Crippen molar-refractivity contribution >= 4 is 5.91 Å². The fourth-order valence-corrected chi connectivity index (χ4v) is 3.58. The van der Waals surface area contributed by atoms with Crippen LogP contribution in [0, 0.1) is 5.92 Å². The van der Waals surface area contributed by atoms with Crippen molar-refractivity contribution in [3.8, 4) is 0 Å². The Bertz CT molecular complexity index is 486. The molecule has 2 heterocycles. The van der Waals surface area contributed by atoms with Crippen molar-refractivity contribution in [2.24, 2.45) is 18.7 Å². The maximum atomic E-state index is 12.6. The number of hydrogen-bond acceptors (Lipinski definition) is 4. The number of piperidine rings is 1. The van der Waals surface area contributed by atoms with Crippen molar-refractivity contribution in [2.75, 3.05) is 13.1 Å². The van der Waals surface area contributed by atoms with Gasteiger partial charge in [0.1, 0.15) is 12.2 Å². The van der Waals surface area contributed by atoms with Crippen LogP contribution >= 0.6 is 0 Å². The number of amides is 1. The van der Waals surface area contributed by atoms with Gasteiger partial charge in [0.05, 0.1) is 5.92 Å². The van der Waals surface area contributed by atoms with Crippen LogP contribution in [0.4, 0.5) is 0 Å². The van der Waals surface area contributed by atoms with Crippen molar-refractivity contribution in [3.05, 3.63) is 12.2 Å². The molecule has 2 N–H and O–H groups in total. The zero-order valence-electron chi connectivity index (χ0n) is 12.0. The van der Waals surface area contributed by atoms with Crippen LogP contribution in [0.15, 0.2) is 6.33 Å². The standard InChI is InChI=1S/C14H23N5O/c1-18-9-16-17-13(18)10-4-3-7-19(8-10)14(20)11-5-2-6-12(11)15/h9-12H,2-8,15H2,1H3. The molecule has 6 heteroatoms. The number of nitrogens with zero attached hydrogens (tertiary/aromatic N) is 4. The van der Waals surface area contributed by atoms with Gasteiger partial charge in [-0.3, -0.25) is 4.79 Å². The molecular formula is C14H23N5O. The summed E-state index contributed by atoms with van der Waals surface area (Å²) in [6.07, 6.45) is 6.85. The van der Waals surface area contributed by atoms with Crippen LogP contribution in [-0.2, 0) is 11.8 Å². The first kappa shape index (κ1) is 13.5. The normalized spacial score (nSPS) is 30.7. The molecule has 6 nitrogen and oxygen atoms in total. The lowest BCUT2D eigenvalue weighted by atomic mass is 9.94. The predicted molar refractivity (Wildman–Crippen MR) is 74.9 cm³/mol. The predicted octanol–water partition coefficient (Wildman–Crippen LogP) is 0.648. The molecule has 110 valence electrons. The number of aromatic nitrogens is 3. The minimum atomic E-state index is 0.0354.